The highest BCUT2D eigenvalue weighted by atomic mass is 19.1. The lowest BCUT2D eigenvalue weighted by molar-refractivity contribution is 0.0994. The standard InChI is InChI=1S/C9H11FN2O/c1-5(2)6-3-4-7(9(11)13)12-8(6)10/h3-5H,1-2H3,(H2,11,13). The van der Waals surface area contributed by atoms with Crippen LogP contribution in [-0.4, -0.2) is 10.9 Å². The summed E-state index contributed by atoms with van der Waals surface area (Å²) >= 11 is 0. The molecule has 1 amide bonds. The van der Waals surface area contributed by atoms with E-state index in [1.54, 1.807) is 0 Å². The molecule has 13 heavy (non-hydrogen) atoms. The van der Waals surface area contributed by atoms with Gasteiger partial charge in [0.2, 0.25) is 5.95 Å². The zero-order valence-electron chi connectivity index (χ0n) is 7.54. The Morgan fingerprint density at radius 3 is 2.54 bits per heavy atom. The van der Waals surface area contributed by atoms with Crippen molar-refractivity contribution in [1.29, 1.82) is 0 Å². The summed E-state index contributed by atoms with van der Waals surface area (Å²) in [5.74, 6) is -1.28. The molecule has 2 N–H and O–H groups in total. The quantitative estimate of drug-likeness (QED) is 0.703. The number of carbonyl (C=O) groups is 1. The van der Waals surface area contributed by atoms with Gasteiger partial charge in [0.15, 0.2) is 0 Å². The Kier molecular flexibility index (Phi) is 2.60. The number of hydrogen-bond donors (Lipinski definition) is 1. The maximum atomic E-state index is 13.1. The molecule has 0 atom stereocenters. The second-order valence-corrected chi connectivity index (χ2v) is 3.10. The molecule has 3 nitrogen and oxygen atoms in total. The van der Waals surface area contributed by atoms with E-state index in [-0.39, 0.29) is 11.6 Å². The normalized spacial score (nSPS) is 10.5. The number of nitrogens with two attached hydrogens (primary N) is 1. The average Bonchev–Trinajstić information content (AvgIpc) is 2.03. The Balaban J connectivity index is 3.13. The van der Waals surface area contributed by atoms with Crippen molar-refractivity contribution < 1.29 is 9.18 Å². The van der Waals surface area contributed by atoms with E-state index >= 15 is 0 Å². The largest absolute Gasteiger partial charge is 0.364 e. The summed E-state index contributed by atoms with van der Waals surface area (Å²) in [6.45, 7) is 3.70. The molecule has 1 rings (SSSR count). The molecule has 0 spiro atoms. The molecule has 1 aromatic heterocycles. The minimum absolute atomic E-state index is 0.0399. The summed E-state index contributed by atoms with van der Waals surface area (Å²) < 4.78 is 13.1. The van der Waals surface area contributed by atoms with Gasteiger partial charge >= 0.3 is 0 Å². The zero-order valence-corrected chi connectivity index (χ0v) is 7.54. The first-order valence-electron chi connectivity index (χ1n) is 3.98. The van der Waals surface area contributed by atoms with E-state index in [9.17, 15) is 9.18 Å². The van der Waals surface area contributed by atoms with Gasteiger partial charge in [-0.25, -0.2) is 4.98 Å². The van der Waals surface area contributed by atoms with Gasteiger partial charge in [0, 0.05) is 5.56 Å². The summed E-state index contributed by atoms with van der Waals surface area (Å²) in [7, 11) is 0. The first-order chi connectivity index (χ1) is 6.02. The molecule has 1 aromatic rings. The number of pyridine rings is 1. The number of carbonyl (C=O) groups excluding carboxylic acids is 1. The maximum absolute atomic E-state index is 13.1. The summed E-state index contributed by atoms with van der Waals surface area (Å²) in [6, 6.07) is 2.97. The lowest BCUT2D eigenvalue weighted by Gasteiger charge is -2.05. The second-order valence-electron chi connectivity index (χ2n) is 3.10. The van der Waals surface area contributed by atoms with Crippen LogP contribution in [-0.2, 0) is 0 Å². The van der Waals surface area contributed by atoms with E-state index in [1.165, 1.54) is 12.1 Å². The Labute approximate surface area is 75.8 Å². The molecule has 0 aliphatic carbocycles. The van der Waals surface area contributed by atoms with Crippen molar-refractivity contribution in [2.24, 2.45) is 5.73 Å². The second kappa shape index (κ2) is 3.51. The number of hydrogen-bond acceptors (Lipinski definition) is 2. The minimum atomic E-state index is -0.714. The summed E-state index contributed by atoms with van der Waals surface area (Å²) in [4.78, 5) is 14.1. The van der Waals surface area contributed by atoms with E-state index in [0.29, 0.717) is 5.56 Å². The number of aromatic nitrogens is 1. The summed E-state index contributed by atoms with van der Waals surface area (Å²) in [5.41, 5.74) is 5.39. The van der Waals surface area contributed by atoms with Crippen LogP contribution >= 0.6 is 0 Å². The Hall–Kier alpha value is -1.45. The van der Waals surface area contributed by atoms with E-state index in [4.69, 9.17) is 5.73 Å². The molecule has 0 unspecified atom stereocenters. The van der Waals surface area contributed by atoms with Gasteiger partial charge in [0.1, 0.15) is 5.69 Å². The van der Waals surface area contributed by atoms with Crippen LogP contribution in [0, 0.1) is 5.95 Å². The Morgan fingerprint density at radius 1 is 1.54 bits per heavy atom. The lowest BCUT2D eigenvalue weighted by atomic mass is 10.1. The van der Waals surface area contributed by atoms with Crippen LogP contribution in [0.15, 0.2) is 12.1 Å². The zero-order chi connectivity index (χ0) is 10.0. The van der Waals surface area contributed by atoms with Crippen LogP contribution in [0.25, 0.3) is 0 Å². The fourth-order valence-corrected chi connectivity index (χ4v) is 1.01. The third kappa shape index (κ3) is 2.02. The van der Waals surface area contributed by atoms with E-state index in [2.05, 4.69) is 4.98 Å². The molecule has 0 aromatic carbocycles. The van der Waals surface area contributed by atoms with Crippen LogP contribution < -0.4 is 5.73 Å². The van der Waals surface area contributed by atoms with Gasteiger partial charge < -0.3 is 5.73 Å². The molecule has 0 aliphatic heterocycles. The molecule has 0 saturated heterocycles. The Morgan fingerprint density at radius 2 is 2.15 bits per heavy atom. The maximum Gasteiger partial charge on any atom is 0.267 e. The monoisotopic (exact) mass is 182 g/mol. The first kappa shape index (κ1) is 9.64. The molecule has 4 heteroatoms. The third-order valence-electron chi connectivity index (χ3n) is 1.75. The highest BCUT2D eigenvalue weighted by Gasteiger charge is 2.10. The molecule has 70 valence electrons. The number of primary amides is 1. The lowest BCUT2D eigenvalue weighted by Crippen LogP contribution is -2.14. The van der Waals surface area contributed by atoms with E-state index in [1.807, 2.05) is 13.8 Å². The SMILES string of the molecule is CC(C)c1ccc(C(N)=O)nc1F. The number of halogens is 1. The summed E-state index contributed by atoms with van der Waals surface area (Å²) in [5, 5.41) is 0. The van der Waals surface area contributed by atoms with Gasteiger partial charge in [-0.05, 0) is 12.0 Å². The molecule has 1 heterocycles. The number of amides is 1. The van der Waals surface area contributed by atoms with Crippen molar-refractivity contribution >= 4 is 5.91 Å². The van der Waals surface area contributed by atoms with Gasteiger partial charge in [-0.1, -0.05) is 19.9 Å². The van der Waals surface area contributed by atoms with Crippen molar-refractivity contribution in [3.8, 4) is 0 Å². The molecule has 0 fully saturated rings. The van der Waals surface area contributed by atoms with Gasteiger partial charge in [-0.3, -0.25) is 4.79 Å². The molecule has 0 aliphatic rings. The smallest absolute Gasteiger partial charge is 0.267 e. The van der Waals surface area contributed by atoms with Gasteiger partial charge in [0.05, 0.1) is 0 Å². The van der Waals surface area contributed by atoms with Gasteiger partial charge in [0.25, 0.3) is 5.91 Å². The molecule has 0 radical (unpaired) electrons. The van der Waals surface area contributed by atoms with Crippen LogP contribution in [0.2, 0.25) is 0 Å². The number of nitrogens with zero attached hydrogens (tertiary/aromatic N) is 1. The van der Waals surface area contributed by atoms with Crippen molar-refractivity contribution in [3.63, 3.8) is 0 Å². The van der Waals surface area contributed by atoms with Crippen molar-refractivity contribution in [1.82, 2.24) is 4.98 Å². The minimum Gasteiger partial charge on any atom is -0.364 e. The van der Waals surface area contributed by atoms with E-state index < -0.39 is 11.9 Å². The molecule has 0 saturated carbocycles. The topological polar surface area (TPSA) is 56.0 Å². The van der Waals surface area contributed by atoms with E-state index in [0.717, 1.165) is 0 Å². The van der Waals surface area contributed by atoms with Crippen molar-refractivity contribution in [3.05, 3.63) is 29.3 Å². The van der Waals surface area contributed by atoms with Gasteiger partial charge in [-0.15, -0.1) is 0 Å². The van der Waals surface area contributed by atoms with Crippen molar-refractivity contribution in [2.45, 2.75) is 19.8 Å². The number of rotatable bonds is 2. The van der Waals surface area contributed by atoms with Crippen molar-refractivity contribution in [2.75, 3.05) is 0 Å². The van der Waals surface area contributed by atoms with Crippen LogP contribution in [0.4, 0.5) is 4.39 Å². The van der Waals surface area contributed by atoms with Crippen LogP contribution in [0.1, 0.15) is 35.8 Å². The van der Waals surface area contributed by atoms with Crippen LogP contribution in [0.5, 0.6) is 0 Å². The Bertz CT molecular complexity index is 336. The highest BCUT2D eigenvalue weighted by Crippen LogP contribution is 2.16. The fourth-order valence-electron chi connectivity index (χ4n) is 1.01. The highest BCUT2D eigenvalue weighted by molar-refractivity contribution is 5.90. The average molecular weight is 182 g/mol. The summed E-state index contributed by atoms with van der Waals surface area (Å²) in [6.07, 6.45) is 0. The van der Waals surface area contributed by atoms with Crippen LogP contribution in [0.3, 0.4) is 0 Å². The van der Waals surface area contributed by atoms with Gasteiger partial charge in [-0.2, -0.15) is 4.39 Å². The molecular formula is C9H11FN2O. The first-order valence-corrected chi connectivity index (χ1v) is 3.98. The molecule has 0 bridgehead atoms. The molecular weight excluding hydrogens is 171 g/mol. The third-order valence-corrected chi connectivity index (χ3v) is 1.75. The predicted molar refractivity (Wildman–Crippen MR) is 46.8 cm³/mol. The fraction of sp³-hybridized carbons (Fsp3) is 0.333. The predicted octanol–water partition coefficient (Wildman–Crippen LogP) is 1.44.